The first-order chi connectivity index (χ1) is 16.1. The number of nitrogens with zero attached hydrogens (tertiary/aromatic N) is 3. The number of amides is 3. The van der Waals surface area contributed by atoms with Gasteiger partial charge in [0.25, 0.3) is 11.8 Å². The molecule has 3 N–H and O–H groups in total. The van der Waals surface area contributed by atoms with Gasteiger partial charge in [0.1, 0.15) is 18.0 Å². The van der Waals surface area contributed by atoms with E-state index in [9.17, 15) is 23.9 Å². The lowest BCUT2D eigenvalue weighted by molar-refractivity contribution is -0.0430. The van der Waals surface area contributed by atoms with Crippen molar-refractivity contribution in [2.45, 2.75) is 25.6 Å². The number of carboxylic acid groups (broad SMARTS) is 1. The van der Waals surface area contributed by atoms with Gasteiger partial charge in [-0.2, -0.15) is 0 Å². The van der Waals surface area contributed by atoms with Crippen LogP contribution in [0.5, 0.6) is 5.75 Å². The number of fused-ring (bicyclic) bond motifs is 1. The number of benzene rings is 1. The van der Waals surface area contributed by atoms with Crippen molar-refractivity contribution in [2.75, 3.05) is 13.2 Å². The van der Waals surface area contributed by atoms with E-state index >= 15 is 0 Å². The molecule has 1 unspecified atom stereocenters. The van der Waals surface area contributed by atoms with E-state index < -0.39 is 35.5 Å². The minimum absolute atomic E-state index is 0.0730. The normalized spacial score (nSPS) is 17.1. The van der Waals surface area contributed by atoms with Gasteiger partial charge in [-0.15, -0.1) is 11.3 Å². The van der Waals surface area contributed by atoms with E-state index in [1.807, 2.05) is 0 Å². The number of hydrogen-bond acceptors (Lipinski definition) is 7. The topological polar surface area (TPSA) is 134 Å². The predicted octanol–water partition coefficient (Wildman–Crippen LogP) is 2.76. The zero-order valence-electron chi connectivity index (χ0n) is 17.9. The van der Waals surface area contributed by atoms with Crippen LogP contribution in [0.2, 0.25) is 5.02 Å². The van der Waals surface area contributed by atoms with Gasteiger partial charge in [0.15, 0.2) is 16.5 Å². The van der Waals surface area contributed by atoms with Gasteiger partial charge >= 0.3 is 6.09 Å². The summed E-state index contributed by atoms with van der Waals surface area (Å²) in [7, 11) is 0. The second kappa shape index (κ2) is 9.08. The highest BCUT2D eigenvalue weighted by Crippen LogP contribution is 2.30. The van der Waals surface area contributed by atoms with Gasteiger partial charge in [0.05, 0.1) is 23.2 Å². The third kappa shape index (κ3) is 4.62. The highest BCUT2D eigenvalue weighted by molar-refractivity contribution is 7.15. The van der Waals surface area contributed by atoms with Crippen LogP contribution in [0.1, 0.15) is 34.7 Å². The SMILES string of the molecule is CC1(C)OCC(COc2cc(Cl)c(C(=O)NNC(=O)c3cn4ccsc4n3)cc2F)N1C(=O)O. The first kappa shape index (κ1) is 23.7. The molecule has 3 heterocycles. The van der Waals surface area contributed by atoms with Gasteiger partial charge in [-0.25, -0.2) is 14.2 Å². The number of hydrazine groups is 1. The maximum atomic E-state index is 14.6. The highest BCUT2D eigenvalue weighted by atomic mass is 35.5. The summed E-state index contributed by atoms with van der Waals surface area (Å²) < 4.78 is 27.1. The maximum absolute atomic E-state index is 14.6. The van der Waals surface area contributed by atoms with Crippen molar-refractivity contribution in [3.05, 3.63) is 52.0 Å². The number of carbonyl (C=O) groups excluding carboxylic acids is 2. The summed E-state index contributed by atoms with van der Waals surface area (Å²) in [5.41, 5.74) is 3.16. The fourth-order valence-corrected chi connectivity index (χ4v) is 4.41. The van der Waals surface area contributed by atoms with Gasteiger partial charge in [-0.3, -0.25) is 29.7 Å². The lowest BCUT2D eigenvalue weighted by Crippen LogP contribution is -2.49. The molecule has 1 atom stereocenters. The fraction of sp³-hybridized carbons (Fsp3) is 0.300. The smallest absolute Gasteiger partial charge is 0.410 e. The Bertz CT molecular complexity index is 1250. The molecular formula is C20H19ClFN5O6S. The molecule has 1 aromatic carbocycles. The minimum Gasteiger partial charge on any atom is -0.488 e. The Labute approximate surface area is 201 Å². The summed E-state index contributed by atoms with van der Waals surface area (Å²) >= 11 is 7.46. The number of nitrogens with one attached hydrogen (secondary N) is 2. The molecule has 180 valence electrons. The van der Waals surface area contributed by atoms with Gasteiger partial charge < -0.3 is 14.6 Å². The van der Waals surface area contributed by atoms with E-state index in [0.717, 1.165) is 17.0 Å². The maximum Gasteiger partial charge on any atom is 0.410 e. The number of hydrogen-bond donors (Lipinski definition) is 3. The number of imidazole rings is 1. The summed E-state index contributed by atoms with van der Waals surface area (Å²) in [4.78, 5) is 41.9. The number of carbonyl (C=O) groups is 3. The molecule has 0 aliphatic carbocycles. The summed E-state index contributed by atoms with van der Waals surface area (Å²) in [6, 6.07) is 1.29. The summed E-state index contributed by atoms with van der Waals surface area (Å²) in [6.45, 7) is 3.08. The lowest BCUT2D eigenvalue weighted by Gasteiger charge is -2.30. The zero-order valence-corrected chi connectivity index (χ0v) is 19.4. The molecule has 0 saturated carbocycles. The molecular weight excluding hydrogens is 493 g/mol. The van der Waals surface area contributed by atoms with E-state index in [-0.39, 0.29) is 35.2 Å². The first-order valence-corrected chi connectivity index (χ1v) is 11.1. The van der Waals surface area contributed by atoms with Gasteiger partial charge in [-0.1, -0.05) is 11.6 Å². The Hall–Kier alpha value is -3.42. The average molecular weight is 512 g/mol. The Morgan fingerprint density at radius 2 is 2.09 bits per heavy atom. The average Bonchev–Trinajstić information content (AvgIpc) is 3.45. The van der Waals surface area contributed by atoms with Crippen molar-refractivity contribution in [3.8, 4) is 5.75 Å². The molecule has 2 aromatic heterocycles. The molecule has 34 heavy (non-hydrogen) atoms. The Kier molecular flexibility index (Phi) is 6.34. The van der Waals surface area contributed by atoms with Gasteiger partial charge in [0.2, 0.25) is 0 Å². The van der Waals surface area contributed by atoms with Crippen LogP contribution in [0.3, 0.4) is 0 Å². The van der Waals surface area contributed by atoms with E-state index in [4.69, 9.17) is 21.1 Å². The van der Waals surface area contributed by atoms with Crippen molar-refractivity contribution in [1.29, 1.82) is 0 Å². The molecule has 14 heteroatoms. The minimum atomic E-state index is -1.20. The van der Waals surface area contributed by atoms with Crippen LogP contribution in [0.4, 0.5) is 9.18 Å². The number of rotatable bonds is 5. The highest BCUT2D eigenvalue weighted by Gasteiger charge is 2.44. The molecule has 1 saturated heterocycles. The van der Waals surface area contributed by atoms with Crippen molar-refractivity contribution in [2.24, 2.45) is 0 Å². The largest absolute Gasteiger partial charge is 0.488 e. The van der Waals surface area contributed by atoms with Gasteiger partial charge in [0, 0.05) is 23.8 Å². The number of ether oxygens (including phenoxy) is 2. The first-order valence-electron chi connectivity index (χ1n) is 9.88. The van der Waals surface area contributed by atoms with Crippen molar-refractivity contribution in [1.82, 2.24) is 25.1 Å². The fourth-order valence-electron chi connectivity index (χ4n) is 3.47. The van der Waals surface area contributed by atoms with Crippen LogP contribution in [0.15, 0.2) is 29.9 Å². The molecule has 4 rings (SSSR count). The Morgan fingerprint density at radius 1 is 1.35 bits per heavy atom. The lowest BCUT2D eigenvalue weighted by atomic mass is 10.2. The third-order valence-corrected chi connectivity index (χ3v) is 6.18. The molecule has 1 aliphatic rings. The van der Waals surface area contributed by atoms with Crippen LogP contribution in [0, 0.1) is 5.82 Å². The van der Waals surface area contributed by atoms with E-state index in [0.29, 0.717) is 4.96 Å². The zero-order chi connectivity index (χ0) is 24.6. The van der Waals surface area contributed by atoms with Crippen LogP contribution < -0.4 is 15.6 Å². The predicted molar refractivity (Wildman–Crippen MR) is 119 cm³/mol. The van der Waals surface area contributed by atoms with Crippen molar-refractivity contribution in [3.63, 3.8) is 0 Å². The number of halogens is 2. The molecule has 0 radical (unpaired) electrons. The van der Waals surface area contributed by atoms with Crippen molar-refractivity contribution >= 4 is 45.8 Å². The van der Waals surface area contributed by atoms with E-state index in [1.165, 1.54) is 17.5 Å². The molecule has 11 nitrogen and oxygen atoms in total. The second-order valence-electron chi connectivity index (χ2n) is 7.76. The Balaban J connectivity index is 1.38. The number of aromatic nitrogens is 2. The standard InChI is InChI=1S/C20H19ClFN5O6S/c1-20(2)27(19(30)31)10(9-33-20)8-32-15-6-12(21)11(5-13(15)22)16(28)24-25-17(29)14-7-26-3-4-34-18(26)23-14/h3-7,10H,8-9H2,1-2H3,(H,24,28)(H,25,29)(H,30,31). The second-order valence-corrected chi connectivity index (χ2v) is 9.05. The summed E-state index contributed by atoms with van der Waals surface area (Å²) in [5.74, 6) is -2.67. The van der Waals surface area contributed by atoms with Crippen LogP contribution in [-0.2, 0) is 4.74 Å². The van der Waals surface area contributed by atoms with Crippen LogP contribution in [0.25, 0.3) is 4.96 Å². The summed E-state index contributed by atoms with van der Waals surface area (Å²) in [5, 5.41) is 11.1. The molecule has 1 aliphatic heterocycles. The Morgan fingerprint density at radius 3 is 2.79 bits per heavy atom. The van der Waals surface area contributed by atoms with Crippen LogP contribution in [-0.4, -0.2) is 62.3 Å². The molecule has 0 bridgehead atoms. The summed E-state index contributed by atoms with van der Waals surface area (Å²) in [6.07, 6.45) is 2.03. The monoisotopic (exact) mass is 511 g/mol. The van der Waals surface area contributed by atoms with E-state index in [2.05, 4.69) is 15.8 Å². The molecule has 3 amide bonds. The molecule has 1 fully saturated rings. The third-order valence-electron chi connectivity index (χ3n) is 5.09. The quantitative estimate of drug-likeness (QED) is 0.448. The molecule has 3 aromatic rings. The van der Waals surface area contributed by atoms with Crippen molar-refractivity contribution < 1.29 is 33.4 Å². The van der Waals surface area contributed by atoms with Gasteiger partial charge in [-0.05, 0) is 19.9 Å². The molecule has 0 spiro atoms. The number of thiazole rings is 1. The van der Waals surface area contributed by atoms with E-state index in [1.54, 1.807) is 29.8 Å². The van der Waals surface area contributed by atoms with Crippen LogP contribution >= 0.6 is 22.9 Å².